The smallest absolute Gasteiger partial charge is 0.328 e. The number of anilines is 2. The Bertz CT molecular complexity index is 463. The maximum atomic E-state index is 11.9. The van der Waals surface area contributed by atoms with Crippen LogP contribution in [-0.4, -0.2) is 35.6 Å². The van der Waals surface area contributed by atoms with Gasteiger partial charge in [-0.15, -0.1) is 0 Å². The summed E-state index contributed by atoms with van der Waals surface area (Å²) in [6.45, 7) is 8.86. The molecule has 0 spiro atoms. The van der Waals surface area contributed by atoms with Crippen LogP contribution in [-0.2, 0) is 16.0 Å². The number of nitrogens with zero attached hydrogens (tertiary/aromatic N) is 2. The Morgan fingerprint density at radius 3 is 2.48 bits per heavy atom. The SMILES string of the molecule is CCCc1c(NCC)ncnc1NC(C(=O)OC)C(C)C. The van der Waals surface area contributed by atoms with Gasteiger partial charge in [0, 0.05) is 12.1 Å². The molecule has 0 aliphatic heterocycles. The molecule has 0 fully saturated rings. The van der Waals surface area contributed by atoms with Gasteiger partial charge in [0.1, 0.15) is 24.0 Å². The molecule has 0 bridgehead atoms. The molecule has 118 valence electrons. The Morgan fingerprint density at radius 2 is 1.95 bits per heavy atom. The van der Waals surface area contributed by atoms with Crippen molar-refractivity contribution in [1.29, 1.82) is 0 Å². The fourth-order valence-corrected chi connectivity index (χ4v) is 2.12. The monoisotopic (exact) mass is 294 g/mol. The van der Waals surface area contributed by atoms with Crippen molar-refractivity contribution in [3.05, 3.63) is 11.9 Å². The first-order valence-corrected chi connectivity index (χ1v) is 7.47. The molecule has 1 unspecified atom stereocenters. The molecular weight excluding hydrogens is 268 g/mol. The van der Waals surface area contributed by atoms with E-state index in [1.165, 1.54) is 13.4 Å². The minimum Gasteiger partial charge on any atom is -0.467 e. The van der Waals surface area contributed by atoms with E-state index in [1.54, 1.807) is 0 Å². The second-order valence-corrected chi connectivity index (χ2v) is 5.22. The number of rotatable bonds is 8. The van der Waals surface area contributed by atoms with E-state index in [-0.39, 0.29) is 11.9 Å². The summed E-state index contributed by atoms with van der Waals surface area (Å²) in [5, 5.41) is 6.46. The third-order valence-corrected chi connectivity index (χ3v) is 3.20. The molecular formula is C15H26N4O2. The van der Waals surface area contributed by atoms with Gasteiger partial charge in [-0.25, -0.2) is 14.8 Å². The van der Waals surface area contributed by atoms with Crippen LogP contribution in [0, 0.1) is 5.92 Å². The average molecular weight is 294 g/mol. The number of carbonyl (C=O) groups excluding carboxylic acids is 1. The minimum absolute atomic E-state index is 0.101. The summed E-state index contributed by atoms with van der Waals surface area (Å²) in [6.07, 6.45) is 3.33. The number of hydrogen-bond acceptors (Lipinski definition) is 6. The van der Waals surface area contributed by atoms with Gasteiger partial charge in [-0.2, -0.15) is 0 Å². The molecule has 0 amide bonds. The zero-order valence-electron chi connectivity index (χ0n) is 13.6. The second-order valence-electron chi connectivity index (χ2n) is 5.22. The van der Waals surface area contributed by atoms with E-state index in [0.717, 1.165) is 30.8 Å². The number of hydrogen-bond donors (Lipinski definition) is 2. The zero-order chi connectivity index (χ0) is 15.8. The summed E-state index contributed by atoms with van der Waals surface area (Å²) in [5.41, 5.74) is 1.01. The van der Waals surface area contributed by atoms with Crippen molar-refractivity contribution in [2.45, 2.75) is 46.6 Å². The molecule has 1 rings (SSSR count). The van der Waals surface area contributed by atoms with Crippen molar-refractivity contribution in [1.82, 2.24) is 9.97 Å². The number of ether oxygens (including phenoxy) is 1. The molecule has 1 heterocycles. The Balaban J connectivity index is 3.10. The second kappa shape index (κ2) is 8.44. The number of esters is 1. The maximum Gasteiger partial charge on any atom is 0.328 e. The van der Waals surface area contributed by atoms with Crippen LogP contribution in [0.2, 0.25) is 0 Å². The summed E-state index contributed by atoms with van der Waals surface area (Å²) in [6, 6.07) is -0.421. The first-order chi connectivity index (χ1) is 10.0. The van der Waals surface area contributed by atoms with Crippen molar-refractivity contribution in [2.24, 2.45) is 5.92 Å². The van der Waals surface area contributed by atoms with Gasteiger partial charge in [-0.1, -0.05) is 27.2 Å². The van der Waals surface area contributed by atoms with Crippen LogP contribution in [0.15, 0.2) is 6.33 Å². The third-order valence-electron chi connectivity index (χ3n) is 3.20. The van der Waals surface area contributed by atoms with E-state index in [0.29, 0.717) is 5.82 Å². The molecule has 0 aliphatic carbocycles. The predicted molar refractivity (Wildman–Crippen MR) is 84.5 cm³/mol. The minimum atomic E-state index is -0.421. The molecule has 2 N–H and O–H groups in total. The highest BCUT2D eigenvalue weighted by Gasteiger charge is 2.24. The van der Waals surface area contributed by atoms with Crippen molar-refractivity contribution < 1.29 is 9.53 Å². The predicted octanol–water partition coefficient (Wildman–Crippen LogP) is 2.47. The summed E-state index contributed by atoms with van der Waals surface area (Å²) in [4.78, 5) is 20.5. The van der Waals surface area contributed by atoms with Gasteiger partial charge in [0.05, 0.1) is 7.11 Å². The van der Waals surface area contributed by atoms with Gasteiger partial charge in [-0.05, 0) is 19.3 Å². The van der Waals surface area contributed by atoms with Gasteiger partial charge >= 0.3 is 5.97 Å². The number of methoxy groups -OCH3 is 1. The van der Waals surface area contributed by atoms with Gasteiger partial charge in [0.2, 0.25) is 0 Å². The topological polar surface area (TPSA) is 76.1 Å². The zero-order valence-corrected chi connectivity index (χ0v) is 13.6. The van der Waals surface area contributed by atoms with Crippen LogP contribution in [0.5, 0.6) is 0 Å². The standard InChI is InChI=1S/C15H26N4O2/c1-6-8-11-13(16-7-2)17-9-18-14(11)19-12(10(3)4)15(20)21-5/h9-10,12H,6-8H2,1-5H3,(H2,16,17,18,19). The van der Waals surface area contributed by atoms with Crippen LogP contribution < -0.4 is 10.6 Å². The Hall–Kier alpha value is -1.85. The lowest BCUT2D eigenvalue weighted by atomic mass is 10.0. The largest absolute Gasteiger partial charge is 0.467 e. The maximum absolute atomic E-state index is 11.9. The highest BCUT2D eigenvalue weighted by atomic mass is 16.5. The molecule has 1 aromatic heterocycles. The van der Waals surface area contributed by atoms with Gasteiger partial charge in [0.15, 0.2) is 0 Å². The Kier molecular flexibility index (Phi) is 6.91. The van der Waals surface area contributed by atoms with E-state index in [2.05, 4.69) is 27.5 Å². The molecule has 0 saturated carbocycles. The van der Waals surface area contributed by atoms with Crippen LogP contribution in [0.25, 0.3) is 0 Å². The highest BCUT2D eigenvalue weighted by molar-refractivity contribution is 5.79. The first kappa shape index (κ1) is 17.2. The first-order valence-electron chi connectivity index (χ1n) is 7.47. The van der Waals surface area contributed by atoms with Gasteiger partial charge < -0.3 is 15.4 Å². The lowest BCUT2D eigenvalue weighted by molar-refractivity contribution is -0.142. The van der Waals surface area contributed by atoms with Crippen molar-refractivity contribution >= 4 is 17.6 Å². The normalized spacial score (nSPS) is 12.1. The van der Waals surface area contributed by atoms with E-state index in [1.807, 2.05) is 20.8 Å². The van der Waals surface area contributed by atoms with Crippen LogP contribution >= 0.6 is 0 Å². The number of aromatic nitrogens is 2. The van der Waals surface area contributed by atoms with Crippen LogP contribution in [0.4, 0.5) is 11.6 Å². The van der Waals surface area contributed by atoms with Crippen LogP contribution in [0.3, 0.4) is 0 Å². The molecule has 0 saturated heterocycles. The lowest BCUT2D eigenvalue weighted by Gasteiger charge is -2.22. The summed E-state index contributed by atoms with van der Waals surface area (Å²) in [7, 11) is 1.40. The van der Waals surface area contributed by atoms with E-state index >= 15 is 0 Å². The van der Waals surface area contributed by atoms with Gasteiger partial charge in [0.25, 0.3) is 0 Å². The molecule has 6 heteroatoms. The average Bonchev–Trinajstić information content (AvgIpc) is 2.46. The van der Waals surface area contributed by atoms with Crippen molar-refractivity contribution in [3.63, 3.8) is 0 Å². The summed E-state index contributed by atoms with van der Waals surface area (Å²) < 4.78 is 4.86. The van der Waals surface area contributed by atoms with E-state index in [9.17, 15) is 4.79 Å². The van der Waals surface area contributed by atoms with Crippen molar-refractivity contribution in [2.75, 3.05) is 24.3 Å². The quantitative estimate of drug-likeness (QED) is 0.717. The summed E-state index contributed by atoms with van der Waals surface area (Å²) >= 11 is 0. The lowest BCUT2D eigenvalue weighted by Crippen LogP contribution is -2.36. The number of nitrogens with one attached hydrogen (secondary N) is 2. The van der Waals surface area contributed by atoms with E-state index < -0.39 is 6.04 Å². The van der Waals surface area contributed by atoms with Crippen molar-refractivity contribution in [3.8, 4) is 0 Å². The molecule has 1 aromatic rings. The molecule has 1 atom stereocenters. The third kappa shape index (κ3) is 4.58. The summed E-state index contributed by atoms with van der Waals surface area (Å²) in [5.74, 6) is 1.34. The molecule has 0 aromatic carbocycles. The Labute approximate surface area is 126 Å². The van der Waals surface area contributed by atoms with E-state index in [4.69, 9.17) is 4.74 Å². The van der Waals surface area contributed by atoms with Crippen LogP contribution in [0.1, 0.15) is 39.7 Å². The molecule has 0 radical (unpaired) electrons. The number of carbonyl (C=O) groups is 1. The fraction of sp³-hybridized carbons (Fsp3) is 0.667. The molecule has 0 aliphatic rings. The highest BCUT2D eigenvalue weighted by Crippen LogP contribution is 2.23. The fourth-order valence-electron chi connectivity index (χ4n) is 2.12. The Morgan fingerprint density at radius 1 is 1.29 bits per heavy atom. The van der Waals surface area contributed by atoms with Gasteiger partial charge in [-0.3, -0.25) is 0 Å². The molecule has 6 nitrogen and oxygen atoms in total. The molecule has 21 heavy (non-hydrogen) atoms.